The van der Waals surface area contributed by atoms with Crippen LogP contribution in [-0.2, 0) is 12.6 Å². The number of pyridine rings is 1. The standard InChI is InChI=1S/C25H25N7O/c1-15(2)25(33,18-7-5-4-6-8-18)22-10-21(30-24(26)31-22)20-13-28-23-19(20)9-16(11-27-23)17-12-29-32(3)14-17/h4-15,33H,1-3H3,(H,27,28)(H2,26,30,31)/t25-/m1/s1. The second kappa shape index (κ2) is 7.83. The number of fused-ring (bicyclic) bond motifs is 1. The smallest absolute Gasteiger partial charge is 0.220 e. The highest BCUT2D eigenvalue weighted by atomic mass is 16.3. The van der Waals surface area contributed by atoms with E-state index >= 15 is 0 Å². The molecule has 0 radical (unpaired) electrons. The second-order valence-electron chi connectivity index (χ2n) is 8.51. The van der Waals surface area contributed by atoms with Crippen LogP contribution in [0.3, 0.4) is 0 Å². The molecule has 8 heteroatoms. The molecule has 4 heterocycles. The topological polar surface area (TPSA) is 119 Å². The van der Waals surface area contributed by atoms with Gasteiger partial charge in [0, 0.05) is 47.7 Å². The molecule has 8 nitrogen and oxygen atoms in total. The summed E-state index contributed by atoms with van der Waals surface area (Å²) >= 11 is 0. The van der Waals surface area contributed by atoms with Gasteiger partial charge in [0.1, 0.15) is 11.2 Å². The SMILES string of the molecule is CC(C)[C@@](O)(c1ccccc1)c1cc(-c2c[nH]c3ncc(-c4cnn(C)c4)cc23)nc(N)n1. The monoisotopic (exact) mass is 439 g/mol. The highest BCUT2D eigenvalue weighted by Crippen LogP contribution is 2.38. The first-order valence-electron chi connectivity index (χ1n) is 10.8. The van der Waals surface area contributed by atoms with Crippen LogP contribution in [-0.4, -0.2) is 34.8 Å². The maximum Gasteiger partial charge on any atom is 0.220 e. The number of nitrogen functional groups attached to an aromatic ring is 1. The number of nitrogens with two attached hydrogens (primary N) is 1. The number of nitrogens with one attached hydrogen (secondary N) is 1. The van der Waals surface area contributed by atoms with Crippen molar-refractivity contribution in [3.05, 3.63) is 78.5 Å². The Balaban J connectivity index is 1.67. The van der Waals surface area contributed by atoms with Crippen LogP contribution in [0.4, 0.5) is 5.95 Å². The fraction of sp³-hybridized carbons (Fsp3) is 0.200. The van der Waals surface area contributed by atoms with Gasteiger partial charge in [0.2, 0.25) is 5.95 Å². The molecular weight excluding hydrogens is 414 g/mol. The zero-order chi connectivity index (χ0) is 23.2. The first-order chi connectivity index (χ1) is 15.9. The van der Waals surface area contributed by atoms with Crippen molar-refractivity contribution >= 4 is 17.0 Å². The molecule has 0 amide bonds. The Morgan fingerprint density at radius 3 is 2.55 bits per heavy atom. The zero-order valence-electron chi connectivity index (χ0n) is 18.7. The lowest BCUT2D eigenvalue weighted by atomic mass is 9.80. The summed E-state index contributed by atoms with van der Waals surface area (Å²) in [6, 6.07) is 13.4. The molecule has 1 aromatic carbocycles. The molecule has 0 aliphatic carbocycles. The molecule has 33 heavy (non-hydrogen) atoms. The van der Waals surface area contributed by atoms with Gasteiger partial charge in [-0.3, -0.25) is 4.68 Å². The van der Waals surface area contributed by atoms with E-state index in [1.54, 1.807) is 10.9 Å². The summed E-state index contributed by atoms with van der Waals surface area (Å²) in [5.74, 6) is -0.0490. The lowest BCUT2D eigenvalue weighted by molar-refractivity contribution is 0.0276. The largest absolute Gasteiger partial charge is 0.378 e. The van der Waals surface area contributed by atoms with Gasteiger partial charge in [-0.2, -0.15) is 5.10 Å². The molecule has 0 spiro atoms. The Morgan fingerprint density at radius 2 is 1.85 bits per heavy atom. The normalized spacial score (nSPS) is 13.5. The summed E-state index contributed by atoms with van der Waals surface area (Å²) in [4.78, 5) is 16.7. The number of anilines is 1. The lowest BCUT2D eigenvalue weighted by Gasteiger charge is -2.32. The molecule has 5 aromatic rings. The average molecular weight is 440 g/mol. The van der Waals surface area contributed by atoms with Crippen molar-refractivity contribution in [2.24, 2.45) is 13.0 Å². The molecule has 4 aromatic heterocycles. The van der Waals surface area contributed by atoms with Crippen molar-refractivity contribution in [1.82, 2.24) is 29.7 Å². The van der Waals surface area contributed by atoms with Crippen LogP contribution in [0, 0.1) is 5.92 Å². The van der Waals surface area contributed by atoms with Crippen molar-refractivity contribution < 1.29 is 5.11 Å². The summed E-state index contributed by atoms with van der Waals surface area (Å²) < 4.78 is 1.76. The molecule has 0 fully saturated rings. The molecule has 4 N–H and O–H groups in total. The van der Waals surface area contributed by atoms with Gasteiger partial charge in [0.05, 0.1) is 17.6 Å². The number of benzene rings is 1. The van der Waals surface area contributed by atoms with Crippen molar-refractivity contribution in [1.29, 1.82) is 0 Å². The third-order valence-electron chi connectivity index (χ3n) is 6.03. The summed E-state index contributed by atoms with van der Waals surface area (Å²) in [6.45, 7) is 3.92. The van der Waals surface area contributed by atoms with E-state index in [4.69, 9.17) is 5.73 Å². The third-order valence-corrected chi connectivity index (χ3v) is 6.03. The number of aryl methyl sites for hydroxylation is 1. The molecule has 0 aliphatic rings. The van der Waals surface area contributed by atoms with Crippen molar-refractivity contribution in [2.75, 3.05) is 5.73 Å². The highest BCUT2D eigenvalue weighted by molar-refractivity contribution is 5.95. The molecule has 0 saturated carbocycles. The van der Waals surface area contributed by atoms with Gasteiger partial charge in [0.15, 0.2) is 0 Å². The van der Waals surface area contributed by atoms with E-state index in [9.17, 15) is 5.11 Å². The average Bonchev–Trinajstić information content (AvgIpc) is 3.44. The van der Waals surface area contributed by atoms with Gasteiger partial charge in [-0.05, 0) is 23.6 Å². The summed E-state index contributed by atoms with van der Waals surface area (Å²) in [6.07, 6.45) is 7.41. The molecule has 5 rings (SSSR count). The van der Waals surface area contributed by atoms with Gasteiger partial charge in [-0.1, -0.05) is 44.2 Å². The van der Waals surface area contributed by atoms with E-state index in [0.717, 1.165) is 33.3 Å². The summed E-state index contributed by atoms with van der Waals surface area (Å²) in [7, 11) is 1.88. The molecule has 0 saturated heterocycles. The van der Waals surface area contributed by atoms with Crippen LogP contribution in [0.1, 0.15) is 25.1 Å². The van der Waals surface area contributed by atoms with Gasteiger partial charge in [0.25, 0.3) is 0 Å². The number of aromatic amines is 1. The molecule has 166 valence electrons. The van der Waals surface area contributed by atoms with E-state index in [1.807, 2.05) is 75.9 Å². The Kier molecular flexibility index (Phi) is 4.94. The Labute approximate surface area is 191 Å². The van der Waals surface area contributed by atoms with Crippen molar-refractivity contribution in [3.8, 4) is 22.4 Å². The fourth-order valence-electron chi connectivity index (χ4n) is 4.21. The zero-order valence-corrected chi connectivity index (χ0v) is 18.7. The van der Waals surface area contributed by atoms with Gasteiger partial charge < -0.3 is 15.8 Å². The Bertz CT molecular complexity index is 1440. The maximum absolute atomic E-state index is 11.8. The minimum atomic E-state index is -1.32. The fourth-order valence-corrected chi connectivity index (χ4v) is 4.21. The van der Waals surface area contributed by atoms with E-state index in [2.05, 4.69) is 31.1 Å². The number of aromatic nitrogens is 6. The molecule has 0 bridgehead atoms. The number of rotatable bonds is 5. The first-order valence-corrected chi connectivity index (χ1v) is 10.8. The van der Waals surface area contributed by atoms with E-state index in [1.165, 1.54) is 0 Å². The minimum absolute atomic E-state index is 0.100. The number of hydrogen-bond donors (Lipinski definition) is 3. The number of H-pyrrole nitrogens is 1. The second-order valence-corrected chi connectivity index (χ2v) is 8.51. The molecular formula is C25H25N7O. The maximum atomic E-state index is 11.8. The van der Waals surface area contributed by atoms with Crippen LogP contribution in [0.2, 0.25) is 0 Å². The lowest BCUT2D eigenvalue weighted by Crippen LogP contribution is -2.34. The van der Waals surface area contributed by atoms with Crippen LogP contribution in [0.25, 0.3) is 33.4 Å². The third kappa shape index (κ3) is 3.54. The quantitative estimate of drug-likeness (QED) is 0.382. The summed E-state index contributed by atoms with van der Waals surface area (Å²) in [5, 5.41) is 17.0. The summed E-state index contributed by atoms with van der Waals surface area (Å²) in [5.41, 5.74) is 10.1. The molecule has 0 aliphatic heterocycles. The number of hydrogen-bond acceptors (Lipinski definition) is 6. The van der Waals surface area contributed by atoms with Crippen LogP contribution in [0.5, 0.6) is 0 Å². The van der Waals surface area contributed by atoms with Crippen LogP contribution in [0.15, 0.2) is 67.3 Å². The first kappa shape index (κ1) is 20.8. The molecule has 1 atom stereocenters. The van der Waals surface area contributed by atoms with Crippen molar-refractivity contribution in [2.45, 2.75) is 19.4 Å². The Morgan fingerprint density at radius 1 is 1.06 bits per heavy atom. The molecule has 0 unspecified atom stereocenters. The van der Waals surface area contributed by atoms with E-state index < -0.39 is 5.60 Å². The van der Waals surface area contributed by atoms with Gasteiger partial charge >= 0.3 is 0 Å². The van der Waals surface area contributed by atoms with Crippen LogP contribution < -0.4 is 5.73 Å². The van der Waals surface area contributed by atoms with Crippen molar-refractivity contribution in [3.63, 3.8) is 0 Å². The van der Waals surface area contributed by atoms with Crippen LogP contribution >= 0.6 is 0 Å². The van der Waals surface area contributed by atoms with Gasteiger partial charge in [-0.15, -0.1) is 0 Å². The minimum Gasteiger partial charge on any atom is -0.378 e. The predicted molar refractivity (Wildman–Crippen MR) is 128 cm³/mol. The Hall–Kier alpha value is -4.04. The van der Waals surface area contributed by atoms with E-state index in [-0.39, 0.29) is 11.9 Å². The predicted octanol–water partition coefficient (Wildman–Crippen LogP) is 3.89. The van der Waals surface area contributed by atoms with E-state index in [0.29, 0.717) is 11.4 Å². The number of aliphatic hydroxyl groups is 1. The highest BCUT2D eigenvalue weighted by Gasteiger charge is 2.37. The number of nitrogens with zero attached hydrogens (tertiary/aromatic N) is 5. The van der Waals surface area contributed by atoms with Gasteiger partial charge in [-0.25, -0.2) is 15.0 Å².